The molecule has 2 aromatic rings. The van der Waals surface area contributed by atoms with E-state index in [2.05, 4.69) is 4.98 Å². The summed E-state index contributed by atoms with van der Waals surface area (Å²) in [5.74, 6) is 0. The Hall–Kier alpha value is -1.68. The smallest absolute Gasteiger partial charge is 0.264 e. The summed E-state index contributed by atoms with van der Waals surface area (Å²) in [7, 11) is 0. The summed E-state index contributed by atoms with van der Waals surface area (Å²) >= 11 is 5.79. The molecule has 0 saturated heterocycles. The standard InChI is InChI=1S/C12H8ClF2NO/c13-8-2-3-9(12(14)15)10(5-8)7-1-4-11(17)16-6-7/h1-6,12H,(H,16,17). The Balaban J connectivity index is 2.60. The molecular formula is C12H8ClF2NO. The maximum Gasteiger partial charge on any atom is 0.264 e. The number of benzene rings is 1. The van der Waals surface area contributed by atoms with Gasteiger partial charge in [0.15, 0.2) is 0 Å². The predicted octanol–water partition coefficient (Wildman–Crippen LogP) is 3.63. The first-order valence-electron chi connectivity index (χ1n) is 4.84. The van der Waals surface area contributed by atoms with Crippen molar-refractivity contribution in [3.05, 3.63) is 57.5 Å². The summed E-state index contributed by atoms with van der Waals surface area (Å²) in [6.45, 7) is 0. The minimum atomic E-state index is -2.59. The molecule has 17 heavy (non-hydrogen) atoms. The molecule has 1 heterocycles. The Morgan fingerprint density at radius 3 is 2.53 bits per heavy atom. The fraction of sp³-hybridized carbons (Fsp3) is 0.0833. The van der Waals surface area contributed by atoms with Gasteiger partial charge in [0.25, 0.3) is 6.43 Å². The van der Waals surface area contributed by atoms with Gasteiger partial charge in [-0.1, -0.05) is 17.7 Å². The van der Waals surface area contributed by atoms with E-state index in [4.69, 9.17) is 11.6 Å². The number of pyridine rings is 1. The number of nitrogens with one attached hydrogen (secondary N) is 1. The van der Waals surface area contributed by atoms with Crippen LogP contribution in [0.5, 0.6) is 0 Å². The van der Waals surface area contributed by atoms with Gasteiger partial charge in [-0.05, 0) is 29.3 Å². The molecule has 1 aromatic heterocycles. The maximum atomic E-state index is 12.8. The lowest BCUT2D eigenvalue weighted by molar-refractivity contribution is 0.152. The first-order chi connectivity index (χ1) is 8.08. The van der Waals surface area contributed by atoms with Crippen molar-refractivity contribution in [2.45, 2.75) is 6.43 Å². The van der Waals surface area contributed by atoms with E-state index < -0.39 is 6.43 Å². The summed E-state index contributed by atoms with van der Waals surface area (Å²) < 4.78 is 25.6. The minimum Gasteiger partial charge on any atom is -0.328 e. The van der Waals surface area contributed by atoms with Gasteiger partial charge in [0.05, 0.1) is 0 Å². The molecule has 0 fully saturated rings. The van der Waals surface area contributed by atoms with Crippen LogP contribution in [0, 0.1) is 0 Å². The molecular weight excluding hydrogens is 248 g/mol. The van der Waals surface area contributed by atoms with Gasteiger partial charge in [0, 0.05) is 22.8 Å². The van der Waals surface area contributed by atoms with Crippen LogP contribution in [-0.2, 0) is 0 Å². The molecule has 0 bridgehead atoms. The van der Waals surface area contributed by atoms with Crippen molar-refractivity contribution in [2.75, 3.05) is 0 Å². The summed E-state index contributed by atoms with van der Waals surface area (Å²) in [6, 6.07) is 6.92. The van der Waals surface area contributed by atoms with Gasteiger partial charge in [-0.15, -0.1) is 0 Å². The second-order valence-electron chi connectivity index (χ2n) is 3.47. The van der Waals surface area contributed by atoms with E-state index in [0.29, 0.717) is 16.1 Å². The van der Waals surface area contributed by atoms with Crippen molar-refractivity contribution < 1.29 is 8.78 Å². The Morgan fingerprint density at radius 1 is 1.18 bits per heavy atom. The van der Waals surface area contributed by atoms with E-state index >= 15 is 0 Å². The molecule has 5 heteroatoms. The van der Waals surface area contributed by atoms with Crippen molar-refractivity contribution in [3.63, 3.8) is 0 Å². The largest absolute Gasteiger partial charge is 0.328 e. The number of rotatable bonds is 2. The molecule has 2 rings (SSSR count). The van der Waals surface area contributed by atoms with Crippen molar-refractivity contribution in [1.29, 1.82) is 0 Å². The molecule has 0 amide bonds. The summed E-state index contributed by atoms with van der Waals surface area (Å²) in [5, 5.41) is 0.371. The van der Waals surface area contributed by atoms with Crippen LogP contribution in [-0.4, -0.2) is 4.98 Å². The zero-order valence-electron chi connectivity index (χ0n) is 8.58. The number of aromatic amines is 1. The molecule has 0 aliphatic rings. The average Bonchev–Trinajstić information content (AvgIpc) is 2.29. The molecule has 2 nitrogen and oxygen atoms in total. The van der Waals surface area contributed by atoms with Crippen LogP contribution in [0.3, 0.4) is 0 Å². The Bertz CT molecular complexity index is 575. The molecule has 0 spiro atoms. The van der Waals surface area contributed by atoms with Gasteiger partial charge in [-0.2, -0.15) is 0 Å². The number of H-pyrrole nitrogens is 1. The van der Waals surface area contributed by atoms with Gasteiger partial charge < -0.3 is 4.98 Å². The monoisotopic (exact) mass is 255 g/mol. The lowest BCUT2D eigenvalue weighted by Gasteiger charge is -2.09. The molecule has 88 valence electrons. The van der Waals surface area contributed by atoms with Crippen molar-refractivity contribution in [2.24, 2.45) is 0 Å². The van der Waals surface area contributed by atoms with Crippen molar-refractivity contribution in [1.82, 2.24) is 4.98 Å². The second kappa shape index (κ2) is 4.67. The molecule has 0 atom stereocenters. The first-order valence-corrected chi connectivity index (χ1v) is 5.22. The lowest BCUT2D eigenvalue weighted by Crippen LogP contribution is -2.02. The van der Waals surface area contributed by atoms with Crippen LogP contribution in [0.1, 0.15) is 12.0 Å². The highest BCUT2D eigenvalue weighted by Gasteiger charge is 2.14. The highest BCUT2D eigenvalue weighted by molar-refractivity contribution is 6.30. The van der Waals surface area contributed by atoms with Crippen molar-refractivity contribution in [3.8, 4) is 11.1 Å². The zero-order valence-corrected chi connectivity index (χ0v) is 9.34. The first kappa shape index (κ1) is 11.8. The fourth-order valence-corrected chi connectivity index (χ4v) is 1.72. The molecule has 1 N–H and O–H groups in total. The van der Waals surface area contributed by atoms with Gasteiger partial charge in [0.1, 0.15) is 0 Å². The molecule has 0 radical (unpaired) electrons. The number of aromatic nitrogens is 1. The van der Waals surface area contributed by atoms with Crippen molar-refractivity contribution >= 4 is 11.6 Å². The minimum absolute atomic E-state index is 0.110. The van der Waals surface area contributed by atoms with E-state index in [1.807, 2.05) is 0 Å². The second-order valence-corrected chi connectivity index (χ2v) is 3.91. The van der Waals surface area contributed by atoms with E-state index in [9.17, 15) is 13.6 Å². The molecule has 0 saturated carbocycles. The molecule has 0 unspecified atom stereocenters. The van der Waals surface area contributed by atoms with E-state index in [1.165, 1.54) is 36.5 Å². The van der Waals surface area contributed by atoms with E-state index in [1.54, 1.807) is 0 Å². The SMILES string of the molecule is O=c1ccc(-c2cc(Cl)ccc2C(F)F)c[nH]1. The number of hydrogen-bond acceptors (Lipinski definition) is 1. The van der Waals surface area contributed by atoms with E-state index in [-0.39, 0.29) is 11.1 Å². The molecule has 1 aromatic carbocycles. The Kier molecular flexibility index (Phi) is 3.24. The number of halogens is 3. The number of hydrogen-bond donors (Lipinski definition) is 1. The van der Waals surface area contributed by atoms with Crippen LogP contribution < -0.4 is 5.56 Å². The lowest BCUT2D eigenvalue weighted by atomic mass is 10.0. The Labute approximate surface area is 101 Å². The highest BCUT2D eigenvalue weighted by atomic mass is 35.5. The van der Waals surface area contributed by atoms with Crippen LogP contribution in [0.15, 0.2) is 41.3 Å². The predicted molar refractivity (Wildman–Crippen MR) is 62.5 cm³/mol. The zero-order chi connectivity index (χ0) is 12.4. The van der Waals surface area contributed by atoms with Gasteiger partial charge in [0.2, 0.25) is 5.56 Å². The van der Waals surface area contributed by atoms with Gasteiger partial charge >= 0.3 is 0 Å². The summed E-state index contributed by atoms with van der Waals surface area (Å²) in [5.41, 5.74) is 0.432. The van der Waals surface area contributed by atoms with Gasteiger partial charge in [-0.3, -0.25) is 4.79 Å². The third-order valence-corrected chi connectivity index (χ3v) is 2.58. The Morgan fingerprint density at radius 2 is 1.94 bits per heavy atom. The van der Waals surface area contributed by atoms with E-state index in [0.717, 1.165) is 0 Å². The maximum absolute atomic E-state index is 12.8. The van der Waals surface area contributed by atoms with Crippen LogP contribution in [0.4, 0.5) is 8.78 Å². The normalized spacial score (nSPS) is 10.8. The quantitative estimate of drug-likeness (QED) is 0.873. The topological polar surface area (TPSA) is 32.9 Å². The summed E-state index contributed by atoms with van der Waals surface area (Å²) in [6.07, 6.45) is -1.20. The third-order valence-electron chi connectivity index (χ3n) is 2.35. The van der Waals surface area contributed by atoms with Crippen LogP contribution >= 0.6 is 11.6 Å². The van der Waals surface area contributed by atoms with Crippen LogP contribution in [0.2, 0.25) is 5.02 Å². The third kappa shape index (κ3) is 2.53. The molecule has 0 aliphatic heterocycles. The average molecular weight is 256 g/mol. The molecule has 0 aliphatic carbocycles. The summed E-state index contributed by atoms with van der Waals surface area (Å²) in [4.78, 5) is 13.3. The van der Waals surface area contributed by atoms with Gasteiger partial charge in [-0.25, -0.2) is 8.78 Å². The van der Waals surface area contributed by atoms with Crippen LogP contribution in [0.25, 0.3) is 11.1 Å². The number of alkyl halides is 2. The highest BCUT2D eigenvalue weighted by Crippen LogP contribution is 2.32. The fourth-order valence-electron chi connectivity index (χ4n) is 1.55.